The fourth-order valence-corrected chi connectivity index (χ4v) is 2.33. The molecule has 0 aliphatic carbocycles. The molecule has 0 bridgehead atoms. The monoisotopic (exact) mass is 306 g/mol. The second-order valence-corrected chi connectivity index (χ2v) is 6.29. The van der Waals surface area contributed by atoms with Crippen LogP contribution in [0, 0.1) is 5.92 Å². The molecule has 2 N–H and O–H groups in total. The highest BCUT2D eigenvalue weighted by atomic mass is 16.5. The van der Waals surface area contributed by atoms with Crippen LogP contribution in [-0.2, 0) is 4.74 Å². The molecular formula is C18H30N2O2. The van der Waals surface area contributed by atoms with Crippen LogP contribution in [0.5, 0.6) is 0 Å². The number of urea groups is 1. The van der Waals surface area contributed by atoms with E-state index in [4.69, 9.17) is 4.74 Å². The Morgan fingerprint density at radius 3 is 2.18 bits per heavy atom. The Morgan fingerprint density at radius 1 is 1.09 bits per heavy atom. The van der Waals surface area contributed by atoms with E-state index in [-0.39, 0.29) is 12.1 Å². The van der Waals surface area contributed by atoms with Crippen molar-refractivity contribution >= 4 is 6.03 Å². The van der Waals surface area contributed by atoms with Crippen LogP contribution in [0.15, 0.2) is 24.3 Å². The van der Waals surface area contributed by atoms with Gasteiger partial charge in [-0.15, -0.1) is 0 Å². The third kappa shape index (κ3) is 6.06. The fourth-order valence-electron chi connectivity index (χ4n) is 2.33. The highest BCUT2D eigenvalue weighted by Gasteiger charge is 2.18. The first-order valence-electron chi connectivity index (χ1n) is 8.08. The molecule has 1 aromatic carbocycles. The van der Waals surface area contributed by atoms with E-state index in [9.17, 15) is 4.79 Å². The van der Waals surface area contributed by atoms with Crippen LogP contribution in [0.1, 0.15) is 57.2 Å². The topological polar surface area (TPSA) is 50.4 Å². The lowest BCUT2D eigenvalue weighted by Gasteiger charge is -2.23. The highest BCUT2D eigenvalue weighted by Crippen LogP contribution is 2.23. The van der Waals surface area contributed by atoms with E-state index < -0.39 is 0 Å². The average molecular weight is 306 g/mol. The second-order valence-electron chi connectivity index (χ2n) is 6.29. The van der Waals surface area contributed by atoms with Gasteiger partial charge in [0.25, 0.3) is 0 Å². The molecule has 0 aliphatic heterocycles. The van der Waals surface area contributed by atoms with Gasteiger partial charge in [-0.3, -0.25) is 0 Å². The molecule has 0 unspecified atom stereocenters. The van der Waals surface area contributed by atoms with E-state index in [1.165, 1.54) is 5.56 Å². The van der Waals surface area contributed by atoms with Gasteiger partial charge in [-0.25, -0.2) is 4.79 Å². The van der Waals surface area contributed by atoms with E-state index in [1.54, 1.807) is 7.11 Å². The molecule has 22 heavy (non-hydrogen) atoms. The molecule has 0 aliphatic rings. The molecule has 124 valence electrons. The number of hydrogen-bond acceptors (Lipinski definition) is 2. The Bertz CT molecular complexity index is 441. The van der Waals surface area contributed by atoms with Crippen LogP contribution in [-0.4, -0.2) is 26.3 Å². The lowest BCUT2D eigenvalue weighted by molar-refractivity contribution is 0.193. The van der Waals surface area contributed by atoms with Gasteiger partial charge in [-0.2, -0.15) is 0 Å². The average Bonchev–Trinajstić information content (AvgIpc) is 2.49. The van der Waals surface area contributed by atoms with Crippen LogP contribution in [0.2, 0.25) is 0 Å². The molecule has 0 heterocycles. The normalized spacial score (nSPS) is 12.5. The largest absolute Gasteiger partial charge is 0.385 e. The highest BCUT2D eigenvalue weighted by molar-refractivity contribution is 5.74. The SMILES string of the molecule is COCCCNC(=O)N[C@@H](c1ccc(C(C)C)cc1)C(C)C. The molecule has 2 amide bonds. The van der Waals surface area contributed by atoms with Gasteiger partial charge in [0, 0.05) is 20.3 Å². The van der Waals surface area contributed by atoms with Crippen LogP contribution in [0.3, 0.4) is 0 Å². The number of rotatable bonds is 8. The molecule has 4 nitrogen and oxygen atoms in total. The fraction of sp³-hybridized carbons (Fsp3) is 0.611. The molecular weight excluding hydrogens is 276 g/mol. The Morgan fingerprint density at radius 2 is 1.68 bits per heavy atom. The summed E-state index contributed by atoms with van der Waals surface area (Å²) in [7, 11) is 1.66. The molecule has 1 atom stereocenters. The minimum Gasteiger partial charge on any atom is -0.385 e. The zero-order valence-corrected chi connectivity index (χ0v) is 14.5. The lowest BCUT2D eigenvalue weighted by Crippen LogP contribution is -2.40. The van der Waals surface area contributed by atoms with Crippen molar-refractivity contribution < 1.29 is 9.53 Å². The Balaban J connectivity index is 2.63. The van der Waals surface area contributed by atoms with Crippen molar-refractivity contribution in [1.82, 2.24) is 10.6 Å². The summed E-state index contributed by atoms with van der Waals surface area (Å²) in [5.74, 6) is 0.846. The summed E-state index contributed by atoms with van der Waals surface area (Å²) in [6, 6.07) is 8.42. The van der Waals surface area contributed by atoms with Crippen molar-refractivity contribution in [3.8, 4) is 0 Å². The molecule has 0 aromatic heterocycles. The number of ether oxygens (including phenoxy) is 1. The summed E-state index contributed by atoms with van der Waals surface area (Å²) in [5, 5.41) is 5.94. The molecule has 0 radical (unpaired) electrons. The minimum absolute atomic E-state index is 0.0173. The third-order valence-electron chi connectivity index (χ3n) is 3.73. The first-order valence-corrected chi connectivity index (χ1v) is 8.08. The first-order chi connectivity index (χ1) is 10.5. The minimum atomic E-state index is -0.122. The maximum atomic E-state index is 12.0. The molecule has 0 saturated carbocycles. The van der Waals surface area contributed by atoms with E-state index in [1.807, 2.05) is 0 Å². The number of benzene rings is 1. The molecule has 1 rings (SSSR count). The Labute approximate surface area is 134 Å². The molecule has 0 saturated heterocycles. The van der Waals surface area contributed by atoms with Crippen molar-refractivity contribution in [3.63, 3.8) is 0 Å². The predicted octanol–water partition coefficient (Wildman–Crippen LogP) is 3.84. The summed E-state index contributed by atoms with van der Waals surface area (Å²) in [6.45, 7) is 9.88. The summed E-state index contributed by atoms with van der Waals surface area (Å²) < 4.78 is 4.97. The van der Waals surface area contributed by atoms with Crippen molar-refractivity contribution in [3.05, 3.63) is 35.4 Å². The van der Waals surface area contributed by atoms with Crippen LogP contribution >= 0.6 is 0 Å². The van der Waals surface area contributed by atoms with Gasteiger partial charge >= 0.3 is 6.03 Å². The number of methoxy groups -OCH3 is 1. The summed E-state index contributed by atoms with van der Waals surface area (Å²) in [4.78, 5) is 12.0. The number of carbonyl (C=O) groups excluding carboxylic acids is 1. The van der Waals surface area contributed by atoms with Crippen LogP contribution < -0.4 is 10.6 Å². The van der Waals surface area contributed by atoms with Gasteiger partial charge in [-0.1, -0.05) is 52.0 Å². The molecule has 1 aromatic rings. The number of carbonyl (C=O) groups is 1. The number of hydrogen-bond donors (Lipinski definition) is 2. The standard InChI is InChI=1S/C18H30N2O2/c1-13(2)15-7-9-16(10-8-15)17(14(3)4)20-18(21)19-11-6-12-22-5/h7-10,13-14,17H,6,11-12H2,1-5H3,(H2,19,20,21)/t17-/m1/s1. The third-order valence-corrected chi connectivity index (χ3v) is 3.73. The van der Waals surface area contributed by atoms with E-state index >= 15 is 0 Å². The van der Waals surface area contributed by atoms with E-state index in [0.717, 1.165) is 12.0 Å². The van der Waals surface area contributed by atoms with E-state index in [0.29, 0.717) is 25.0 Å². The van der Waals surface area contributed by atoms with Crippen molar-refractivity contribution in [1.29, 1.82) is 0 Å². The first kappa shape index (κ1) is 18.5. The Kier molecular flexibility index (Phi) is 7.96. The van der Waals surface area contributed by atoms with Gasteiger partial charge in [0.2, 0.25) is 0 Å². The predicted molar refractivity (Wildman–Crippen MR) is 91.1 cm³/mol. The molecule has 4 heteroatoms. The maximum absolute atomic E-state index is 12.0. The van der Waals surface area contributed by atoms with Gasteiger partial charge in [-0.05, 0) is 29.4 Å². The summed E-state index contributed by atoms with van der Waals surface area (Å²) in [6.07, 6.45) is 0.819. The number of amides is 2. The van der Waals surface area contributed by atoms with Gasteiger partial charge in [0.1, 0.15) is 0 Å². The Hall–Kier alpha value is -1.55. The van der Waals surface area contributed by atoms with Gasteiger partial charge < -0.3 is 15.4 Å². The van der Waals surface area contributed by atoms with Crippen molar-refractivity contribution in [2.24, 2.45) is 5.92 Å². The van der Waals surface area contributed by atoms with Crippen LogP contribution in [0.4, 0.5) is 4.79 Å². The van der Waals surface area contributed by atoms with Crippen molar-refractivity contribution in [2.45, 2.75) is 46.1 Å². The van der Waals surface area contributed by atoms with Crippen molar-refractivity contribution in [2.75, 3.05) is 20.3 Å². The number of nitrogens with one attached hydrogen (secondary N) is 2. The lowest BCUT2D eigenvalue weighted by atomic mass is 9.93. The maximum Gasteiger partial charge on any atom is 0.315 e. The summed E-state index contributed by atoms with van der Waals surface area (Å²) >= 11 is 0. The zero-order chi connectivity index (χ0) is 16.5. The summed E-state index contributed by atoms with van der Waals surface area (Å²) in [5.41, 5.74) is 2.46. The molecule has 0 fully saturated rings. The van der Waals surface area contributed by atoms with Crippen LogP contribution in [0.25, 0.3) is 0 Å². The quantitative estimate of drug-likeness (QED) is 0.717. The van der Waals surface area contributed by atoms with E-state index in [2.05, 4.69) is 62.6 Å². The smallest absolute Gasteiger partial charge is 0.315 e. The van der Waals surface area contributed by atoms with Gasteiger partial charge in [0.05, 0.1) is 6.04 Å². The second kappa shape index (κ2) is 9.46. The van der Waals surface area contributed by atoms with Gasteiger partial charge in [0.15, 0.2) is 0 Å². The zero-order valence-electron chi connectivity index (χ0n) is 14.5. The molecule has 0 spiro atoms.